The fraction of sp³-hybridized carbons (Fsp3) is 0.273. The molecule has 0 aliphatic rings. The van der Waals surface area contributed by atoms with Gasteiger partial charge in [-0.15, -0.1) is 0 Å². The number of imidazole rings is 1. The molecule has 0 radical (unpaired) electrons. The Morgan fingerprint density at radius 1 is 1.40 bits per heavy atom. The van der Waals surface area contributed by atoms with E-state index < -0.39 is 0 Å². The highest BCUT2D eigenvalue weighted by Crippen LogP contribution is 2.06. The molecule has 78 valence electrons. The number of aromatic nitrogens is 3. The van der Waals surface area contributed by atoms with Crippen LogP contribution >= 0.6 is 0 Å². The van der Waals surface area contributed by atoms with Crippen LogP contribution in [0, 0.1) is 0 Å². The van der Waals surface area contributed by atoms with E-state index in [1.54, 1.807) is 12.5 Å². The van der Waals surface area contributed by atoms with Crippen LogP contribution in [0.5, 0.6) is 0 Å². The molecule has 2 aromatic rings. The van der Waals surface area contributed by atoms with E-state index in [2.05, 4.69) is 28.3 Å². The van der Waals surface area contributed by atoms with Gasteiger partial charge in [0.05, 0.1) is 6.33 Å². The molecular formula is C11H14N4. The van der Waals surface area contributed by atoms with Gasteiger partial charge >= 0.3 is 0 Å². The number of anilines is 1. The minimum atomic E-state index is 0.819. The van der Waals surface area contributed by atoms with Crippen molar-refractivity contribution in [3.8, 4) is 0 Å². The number of nitrogens with zero attached hydrogens (tertiary/aromatic N) is 3. The molecular weight excluding hydrogens is 188 g/mol. The average molecular weight is 202 g/mol. The Balaban J connectivity index is 2.04. The van der Waals surface area contributed by atoms with Crippen molar-refractivity contribution in [3.63, 3.8) is 0 Å². The second kappa shape index (κ2) is 4.59. The van der Waals surface area contributed by atoms with Crippen molar-refractivity contribution < 1.29 is 0 Å². The Hall–Kier alpha value is -1.84. The molecule has 0 fully saturated rings. The molecule has 0 spiro atoms. The SMILES string of the molecule is CCNc1ccc(Cn2ccnc2)cn1. The number of pyridine rings is 1. The van der Waals surface area contributed by atoms with Crippen molar-refractivity contribution in [1.82, 2.24) is 14.5 Å². The zero-order valence-corrected chi connectivity index (χ0v) is 8.72. The predicted octanol–water partition coefficient (Wildman–Crippen LogP) is 1.76. The van der Waals surface area contributed by atoms with Gasteiger partial charge in [0, 0.05) is 31.7 Å². The van der Waals surface area contributed by atoms with Crippen LogP contribution in [-0.4, -0.2) is 21.1 Å². The minimum Gasteiger partial charge on any atom is -0.370 e. The Labute approximate surface area is 89.0 Å². The summed E-state index contributed by atoms with van der Waals surface area (Å²) in [6.07, 6.45) is 7.41. The first kappa shape index (κ1) is 9.71. The lowest BCUT2D eigenvalue weighted by Gasteiger charge is -2.04. The zero-order valence-electron chi connectivity index (χ0n) is 8.72. The van der Waals surface area contributed by atoms with E-state index in [0.717, 1.165) is 18.9 Å². The van der Waals surface area contributed by atoms with Crippen LogP contribution in [0.1, 0.15) is 12.5 Å². The van der Waals surface area contributed by atoms with Crippen LogP contribution in [0.15, 0.2) is 37.1 Å². The fourth-order valence-corrected chi connectivity index (χ4v) is 1.39. The largest absolute Gasteiger partial charge is 0.370 e. The number of hydrogen-bond donors (Lipinski definition) is 1. The van der Waals surface area contributed by atoms with E-state index in [1.165, 1.54) is 5.56 Å². The van der Waals surface area contributed by atoms with Crippen LogP contribution < -0.4 is 5.32 Å². The van der Waals surface area contributed by atoms with Crippen LogP contribution in [0.25, 0.3) is 0 Å². The number of rotatable bonds is 4. The average Bonchev–Trinajstić information content (AvgIpc) is 2.74. The van der Waals surface area contributed by atoms with E-state index in [1.807, 2.05) is 23.0 Å². The maximum absolute atomic E-state index is 4.30. The molecule has 0 atom stereocenters. The van der Waals surface area contributed by atoms with E-state index in [0.29, 0.717) is 0 Å². The first-order valence-corrected chi connectivity index (χ1v) is 5.03. The molecule has 0 aliphatic carbocycles. The van der Waals surface area contributed by atoms with E-state index in [-0.39, 0.29) is 0 Å². The van der Waals surface area contributed by atoms with Gasteiger partial charge in [-0.3, -0.25) is 0 Å². The molecule has 0 bridgehead atoms. The summed E-state index contributed by atoms with van der Waals surface area (Å²) in [6.45, 7) is 3.77. The van der Waals surface area contributed by atoms with Crippen molar-refractivity contribution in [1.29, 1.82) is 0 Å². The molecule has 0 saturated carbocycles. The normalized spacial score (nSPS) is 10.2. The summed E-state index contributed by atoms with van der Waals surface area (Å²) in [4.78, 5) is 8.30. The lowest BCUT2D eigenvalue weighted by molar-refractivity contribution is 0.793. The molecule has 0 unspecified atom stereocenters. The first-order valence-electron chi connectivity index (χ1n) is 5.03. The van der Waals surface area contributed by atoms with E-state index in [9.17, 15) is 0 Å². The fourth-order valence-electron chi connectivity index (χ4n) is 1.39. The van der Waals surface area contributed by atoms with Gasteiger partial charge in [-0.05, 0) is 18.6 Å². The molecule has 2 aromatic heterocycles. The maximum atomic E-state index is 4.30. The molecule has 2 rings (SSSR count). The summed E-state index contributed by atoms with van der Waals surface area (Å²) in [6, 6.07) is 4.07. The second-order valence-electron chi connectivity index (χ2n) is 3.32. The van der Waals surface area contributed by atoms with Crippen molar-refractivity contribution in [3.05, 3.63) is 42.6 Å². The van der Waals surface area contributed by atoms with Crippen molar-refractivity contribution >= 4 is 5.82 Å². The van der Waals surface area contributed by atoms with Gasteiger partial charge in [0.25, 0.3) is 0 Å². The van der Waals surface area contributed by atoms with Crippen LogP contribution in [0.2, 0.25) is 0 Å². The highest BCUT2D eigenvalue weighted by Gasteiger charge is 1.95. The Bertz CT molecular complexity index is 391. The lowest BCUT2D eigenvalue weighted by Crippen LogP contribution is -2.01. The molecule has 0 aromatic carbocycles. The first-order chi connectivity index (χ1) is 7.38. The van der Waals surface area contributed by atoms with E-state index >= 15 is 0 Å². The second-order valence-corrected chi connectivity index (χ2v) is 3.32. The molecule has 2 heterocycles. The van der Waals surface area contributed by atoms with Crippen molar-refractivity contribution in [2.24, 2.45) is 0 Å². The van der Waals surface area contributed by atoms with Gasteiger partial charge in [0.1, 0.15) is 5.82 Å². The smallest absolute Gasteiger partial charge is 0.125 e. The monoisotopic (exact) mass is 202 g/mol. The third-order valence-corrected chi connectivity index (χ3v) is 2.11. The van der Waals surface area contributed by atoms with Gasteiger partial charge in [-0.1, -0.05) is 6.07 Å². The molecule has 4 heteroatoms. The molecule has 0 amide bonds. The molecule has 0 saturated heterocycles. The van der Waals surface area contributed by atoms with Gasteiger partial charge in [-0.2, -0.15) is 0 Å². The van der Waals surface area contributed by atoms with Crippen LogP contribution in [-0.2, 0) is 6.54 Å². The summed E-state index contributed by atoms with van der Waals surface area (Å²) in [7, 11) is 0. The van der Waals surface area contributed by atoms with Gasteiger partial charge in [0.2, 0.25) is 0 Å². The van der Waals surface area contributed by atoms with Gasteiger partial charge in [0.15, 0.2) is 0 Å². The van der Waals surface area contributed by atoms with Crippen LogP contribution in [0.4, 0.5) is 5.82 Å². The predicted molar refractivity (Wildman–Crippen MR) is 59.7 cm³/mol. The lowest BCUT2D eigenvalue weighted by atomic mass is 10.3. The van der Waals surface area contributed by atoms with Crippen molar-refractivity contribution in [2.45, 2.75) is 13.5 Å². The number of hydrogen-bond acceptors (Lipinski definition) is 3. The Morgan fingerprint density at radius 3 is 2.93 bits per heavy atom. The summed E-state index contributed by atoms with van der Waals surface area (Å²) < 4.78 is 2.02. The van der Waals surface area contributed by atoms with Crippen LogP contribution in [0.3, 0.4) is 0 Å². The summed E-state index contributed by atoms with van der Waals surface area (Å²) in [5.41, 5.74) is 1.18. The van der Waals surface area contributed by atoms with Gasteiger partial charge in [-0.25, -0.2) is 9.97 Å². The summed E-state index contributed by atoms with van der Waals surface area (Å²) >= 11 is 0. The Kier molecular flexibility index (Phi) is 2.97. The third kappa shape index (κ3) is 2.56. The zero-order chi connectivity index (χ0) is 10.5. The van der Waals surface area contributed by atoms with Crippen molar-refractivity contribution in [2.75, 3.05) is 11.9 Å². The quantitative estimate of drug-likeness (QED) is 0.821. The maximum Gasteiger partial charge on any atom is 0.125 e. The molecule has 15 heavy (non-hydrogen) atoms. The molecule has 0 aliphatic heterocycles. The molecule has 4 nitrogen and oxygen atoms in total. The standard InChI is InChI=1S/C11H14N4/c1-2-13-11-4-3-10(7-14-11)8-15-6-5-12-9-15/h3-7,9H,2,8H2,1H3,(H,13,14). The third-order valence-electron chi connectivity index (χ3n) is 2.11. The molecule has 1 N–H and O–H groups in total. The minimum absolute atomic E-state index is 0.819. The Morgan fingerprint density at radius 2 is 2.33 bits per heavy atom. The topological polar surface area (TPSA) is 42.7 Å². The van der Waals surface area contributed by atoms with E-state index in [4.69, 9.17) is 0 Å². The number of nitrogens with one attached hydrogen (secondary N) is 1. The highest BCUT2D eigenvalue weighted by atomic mass is 15.0. The highest BCUT2D eigenvalue weighted by molar-refractivity contribution is 5.35. The summed E-state index contributed by atoms with van der Waals surface area (Å²) in [5, 5.41) is 3.16. The summed E-state index contributed by atoms with van der Waals surface area (Å²) in [5.74, 6) is 0.923. The van der Waals surface area contributed by atoms with Gasteiger partial charge < -0.3 is 9.88 Å².